The molecule has 3 aromatic carbocycles. The zero-order valence-electron chi connectivity index (χ0n) is 25.4. The number of nitrogens with one attached hydrogen (secondary N) is 2. The van der Waals surface area contributed by atoms with E-state index in [0.29, 0.717) is 5.52 Å². The third-order valence-corrected chi connectivity index (χ3v) is 7.68. The van der Waals surface area contributed by atoms with E-state index in [9.17, 15) is 14.4 Å². The Morgan fingerprint density at radius 2 is 1.64 bits per heavy atom. The molecule has 1 aliphatic rings. The maximum Gasteiger partial charge on any atom is 0.407 e. The Bertz CT molecular complexity index is 1720. The Labute approximate surface area is 260 Å². The van der Waals surface area contributed by atoms with Crippen molar-refractivity contribution in [2.24, 2.45) is 0 Å². The van der Waals surface area contributed by atoms with Gasteiger partial charge in [-0.3, -0.25) is 4.79 Å². The number of hydrogen-bond donors (Lipinski definition) is 2. The number of nitrogens with zero attached hydrogens (tertiary/aromatic N) is 3. The summed E-state index contributed by atoms with van der Waals surface area (Å²) in [6.07, 6.45) is -1.20. The second-order valence-electron chi connectivity index (χ2n) is 11.7. The number of carbonyl (C=O) groups excluding carboxylic acids is 2. The van der Waals surface area contributed by atoms with Gasteiger partial charge in [0.15, 0.2) is 5.82 Å². The van der Waals surface area contributed by atoms with Crippen molar-refractivity contribution in [1.82, 2.24) is 20.3 Å². The van der Waals surface area contributed by atoms with Crippen molar-refractivity contribution in [3.8, 4) is 11.1 Å². The molecule has 0 saturated heterocycles. The fourth-order valence-electron chi connectivity index (χ4n) is 5.42. The van der Waals surface area contributed by atoms with Crippen LogP contribution < -0.4 is 21.2 Å². The Morgan fingerprint density at radius 1 is 1.00 bits per heavy atom. The standard InChI is InChI=1S/C33H36ClN5O5/c1-20(36-32(42)43-19-25-23-13-8-6-11-21(23)22-12-7-9-14-24(22)25)29-37-27-16-10-15-26(34)28(27)30(40)39(29)38(5)18-17-35-31(41)44-33(2,3)4/h6-16,20,25H,17-19H2,1-5H3,(H,35,41)(H,36,42)/t20-/m0/s1. The van der Waals surface area contributed by atoms with E-state index in [1.807, 2.05) is 24.3 Å². The summed E-state index contributed by atoms with van der Waals surface area (Å²) in [5.74, 6) is 0.184. The lowest BCUT2D eigenvalue weighted by Gasteiger charge is -2.27. The van der Waals surface area contributed by atoms with E-state index >= 15 is 0 Å². The van der Waals surface area contributed by atoms with Crippen LogP contribution in [0, 0.1) is 0 Å². The topological polar surface area (TPSA) is 115 Å². The molecule has 10 nitrogen and oxygen atoms in total. The number of rotatable bonds is 8. The highest BCUT2D eigenvalue weighted by atomic mass is 35.5. The molecule has 1 aromatic heterocycles. The third kappa shape index (κ3) is 6.50. The molecular formula is C33H36ClN5O5. The molecule has 2 amide bonds. The van der Waals surface area contributed by atoms with E-state index in [0.717, 1.165) is 22.3 Å². The average molecular weight is 618 g/mol. The highest BCUT2D eigenvalue weighted by molar-refractivity contribution is 6.35. The van der Waals surface area contributed by atoms with Gasteiger partial charge in [-0.1, -0.05) is 66.2 Å². The molecule has 1 heterocycles. The third-order valence-electron chi connectivity index (χ3n) is 7.36. The van der Waals surface area contributed by atoms with Crippen LogP contribution in [0.2, 0.25) is 5.02 Å². The number of halogens is 1. The van der Waals surface area contributed by atoms with E-state index in [1.165, 1.54) is 4.68 Å². The number of benzene rings is 3. The van der Waals surface area contributed by atoms with Gasteiger partial charge >= 0.3 is 12.2 Å². The van der Waals surface area contributed by atoms with Crippen LogP contribution in [0.5, 0.6) is 0 Å². The van der Waals surface area contributed by atoms with Gasteiger partial charge in [0.25, 0.3) is 5.56 Å². The van der Waals surface area contributed by atoms with Crippen molar-refractivity contribution in [2.75, 3.05) is 31.8 Å². The number of aromatic nitrogens is 2. The van der Waals surface area contributed by atoms with Crippen LogP contribution in [0.4, 0.5) is 9.59 Å². The Hall–Kier alpha value is -4.57. The summed E-state index contributed by atoms with van der Waals surface area (Å²) in [5, 5.41) is 7.65. The maximum absolute atomic E-state index is 13.8. The Balaban J connectivity index is 1.34. The Kier molecular flexibility index (Phi) is 8.82. The summed E-state index contributed by atoms with van der Waals surface area (Å²) in [5.41, 5.74) is 3.85. The summed E-state index contributed by atoms with van der Waals surface area (Å²) in [4.78, 5) is 43.7. The van der Waals surface area contributed by atoms with Gasteiger partial charge in [-0.05, 0) is 62.1 Å². The summed E-state index contributed by atoms with van der Waals surface area (Å²) < 4.78 is 12.4. The van der Waals surface area contributed by atoms with Gasteiger partial charge in [0.1, 0.15) is 12.2 Å². The first-order valence-corrected chi connectivity index (χ1v) is 14.8. The number of hydrogen-bond acceptors (Lipinski definition) is 7. The summed E-state index contributed by atoms with van der Waals surface area (Å²) in [6.45, 7) is 7.63. The average Bonchev–Trinajstić information content (AvgIpc) is 3.28. The lowest BCUT2D eigenvalue weighted by atomic mass is 9.98. The van der Waals surface area contributed by atoms with Crippen LogP contribution in [0.1, 0.15) is 56.6 Å². The second-order valence-corrected chi connectivity index (χ2v) is 12.1. The second kappa shape index (κ2) is 12.6. The zero-order valence-corrected chi connectivity index (χ0v) is 26.1. The smallest absolute Gasteiger partial charge is 0.407 e. The molecule has 11 heteroatoms. The van der Waals surface area contributed by atoms with Gasteiger partial charge in [0, 0.05) is 19.5 Å². The van der Waals surface area contributed by atoms with E-state index in [4.69, 9.17) is 26.1 Å². The normalized spacial score (nSPS) is 13.1. The van der Waals surface area contributed by atoms with E-state index in [2.05, 4.69) is 34.9 Å². The van der Waals surface area contributed by atoms with Crippen LogP contribution in [0.3, 0.4) is 0 Å². The van der Waals surface area contributed by atoms with Crippen molar-refractivity contribution in [3.63, 3.8) is 0 Å². The van der Waals surface area contributed by atoms with Crippen LogP contribution in [-0.2, 0) is 9.47 Å². The van der Waals surface area contributed by atoms with Gasteiger partial charge in [0.2, 0.25) is 0 Å². The Morgan fingerprint density at radius 3 is 2.27 bits per heavy atom. The SMILES string of the molecule is C[C@H](NC(=O)OCC1c2ccccc2-c2ccccc21)c1nc2cccc(Cl)c2c(=O)n1N(C)CCNC(=O)OC(C)(C)C. The van der Waals surface area contributed by atoms with Gasteiger partial charge in [-0.2, -0.15) is 0 Å². The number of likely N-dealkylation sites (N-methyl/N-ethyl adjacent to an activating group) is 1. The maximum atomic E-state index is 13.8. The van der Waals surface area contributed by atoms with E-state index < -0.39 is 29.4 Å². The molecule has 44 heavy (non-hydrogen) atoms. The fraction of sp³-hybridized carbons (Fsp3) is 0.333. The summed E-state index contributed by atoms with van der Waals surface area (Å²) >= 11 is 6.40. The highest BCUT2D eigenvalue weighted by Crippen LogP contribution is 2.44. The number of carbonyl (C=O) groups is 2. The molecule has 0 bridgehead atoms. The largest absolute Gasteiger partial charge is 0.449 e. The summed E-state index contributed by atoms with van der Waals surface area (Å²) in [7, 11) is 1.69. The molecule has 0 unspecified atom stereocenters. The van der Waals surface area contributed by atoms with E-state index in [-0.39, 0.29) is 41.8 Å². The van der Waals surface area contributed by atoms with Crippen molar-refractivity contribution >= 4 is 34.7 Å². The minimum absolute atomic E-state index is 0.0915. The molecule has 5 rings (SSSR count). The molecule has 0 aliphatic heterocycles. The highest BCUT2D eigenvalue weighted by Gasteiger charge is 2.30. The molecule has 0 radical (unpaired) electrons. The quantitative estimate of drug-likeness (QED) is 0.259. The number of amides is 2. The number of ether oxygens (including phenoxy) is 2. The molecule has 0 saturated carbocycles. The lowest BCUT2D eigenvalue weighted by Crippen LogP contribution is -2.47. The minimum atomic E-state index is -0.719. The zero-order chi connectivity index (χ0) is 31.6. The van der Waals surface area contributed by atoms with Crippen LogP contribution in [0.25, 0.3) is 22.0 Å². The molecule has 0 fully saturated rings. The molecule has 4 aromatic rings. The van der Waals surface area contributed by atoms with Gasteiger partial charge < -0.3 is 25.1 Å². The number of fused-ring (bicyclic) bond motifs is 4. The molecule has 1 aliphatic carbocycles. The van der Waals surface area contributed by atoms with Crippen LogP contribution in [-0.4, -0.2) is 54.2 Å². The molecule has 1 atom stereocenters. The lowest BCUT2D eigenvalue weighted by molar-refractivity contribution is 0.0528. The van der Waals surface area contributed by atoms with E-state index in [1.54, 1.807) is 58.0 Å². The van der Waals surface area contributed by atoms with Gasteiger partial charge in [-0.15, -0.1) is 0 Å². The first kappa shape index (κ1) is 30.9. The molecule has 2 N–H and O–H groups in total. The minimum Gasteiger partial charge on any atom is -0.449 e. The molecule has 230 valence electrons. The molecule has 0 spiro atoms. The first-order chi connectivity index (χ1) is 20.9. The van der Waals surface area contributed by atoms with Gasteiger partial charge in [0.05, 0.1) is 28.5 Å². The molecular weight excluding hydrogens is 582 g/mol. The first-order valence-electron chi connectivity index (χ1n) is 14.5. The summed E-state index contributed by atoms with van der Waals surface area (Å²) in [6, 6.07) is 20.5. The van der Waals surface area contributed by atoms with Crippen molar-refractivity contribution in [1.29, 1.82) is 0 Å². The van der Waals surface area contributed by atoms with Crippen LogP contribution in [0.15, 0.2) is 71.5 Å². The van der Waals surface area contributed by atoms with Crippen molar-refractivity contribution in [2.45, 2.75) is 45.3 Å². The van der Waals surface area contributed by atoms with Gasteiger partial charge in [-0.25, -0.2) is 19.2 Å². The predicted molar refractivity (Wildman–Crippen MR) is 171 cm³/mol. The van der Waals surface area contributed by atoms with Crippen molar-refractivity contribution in [3.05, 3.63) is 99.1 Å². The fourth-order valence-corrected chi connectivity index (χ4v) is 5.67. The van der Waals surface area contributed by atoms with Crippen LogP contribution >= 0.6 is 11.6 Å². The monoisotopic (exact) mass is 617 g/mol. The predicted octanol–water partition coefficient (Wildman–Crippen LogP) is 5.74. The van der Waals surface area contributed by atoms with Crippen molar-refractivity contribution < 1.29 is 19.1 Å². The number of alkyl carbamates (subject to hydrolysis) is 2.